The van der Waals surface area contributed by atoms with E-state index in [2.05, 4.69) is 18.7 Å². The van der Waals surface area contributed by atoms with Gasteiger partial charge in [0.15, 0.2) is 0 Å². The predicted octanol–water partition coefficient (Wildman–Crippen LogP) is 6.70. The summed E-state index contributed by atoms with van der Waals surface area (Å²) in [5.74, 6) is 1.15. The van der Waals surface area contributed by atoms with Crippen LogP contribution in [0.3, 0.4) is 0 Å². The summed E-state index contributed by atoms with van der Waals surface area (Å²) in [5.41, 5.74) is 1.29. The van der Waals surface area contributed by atoms with Crippen molar-refractivity contribution in [3.05, 3.63) is 64.4 Å². The van der Waals surface area contributed by atoms with Crippen LogP contribution in [-0.4, -0.2) is 27.5 Å². The first-order valence-electron chi connectivity index (χ1n) is 13.1. The fourth-order valence-electron chi connectivity index (χ4n) is 5.47. The summed E-state index contributed by atoms with van der Waals surface area (Å²) in [6.45, 7) is 6.89. The van der Waals surface area contributed by atoms with Gasteiger partial charge in [0.1, 0.15) is 11.6 Å². The Morgan fingerprint density at radius 2 is 2.00 bits per heavy atom. The Hall–Kier alpha value is -2.47. The average molecular weight is 468 g/mol. The summed E-state index contributed by atoms with van der Waals surface area (Å²) in [6, 6.07) is 6.26. The van der Waals surface area contributed by atoms with E-state index in [-0.39, 0.29) is 11.6 Å². The van der Waals surface area contributed by atoms with Crippen LogP contribution >= 0.6 is 0 Å². The summed E-state index contributed by atoms with van der Waals surface area (Å²) >= 11 is 0. The summed E-state index contributed by atoms with van der Waals surface area (Å²) in [4.78, 5) is 21.2. The van der Waals surface area contributed by atoms with Crippen molar-refractivity contribution in [2.24, 2.45) is 5.92 Å². The maximum Gasteiger partial charge on any atom is 0.261 e. The Morgan fingerprint density at radius 1 is 1.12 bits per heavy atom. The molecule has 6 heteroatoms. The Bertz CT molecular complexity index is 1110. The minimum atomic E-state index is -0.416. The number of furan rings is 1. The minimum absolute atomic E-state index is 0.0550. The molecule has 0 bridgehead atoms. The standard InChI is InChI=1S/C28H38FN3O2/c1-3-8-21-10-6-5-7-15-31(16-13-21)26(9-4-2)27-30-25-12-11-23(29)18-24(25)28(33)32(27)19-22-14-17-34-20-22/h11-12,14,17-18,20-21,26H,3-10,13,15-16,19H2,1-2H3/t21?,26-/m1/s1. The van der Waals surface area contributed by atoms with E-state index >= 15 is 0 Å². The van der Waals surface area contributed by atoms with Gasteiger partial charge in [-0.05, 0) is 62.5 Å². The number of hydrogen-bond acceptors (Lipinski definition) is 4. The number of aromatic nitrogens is 2. The maximum atomic E-state index is 14.0. The Balaban J connectivity index is 1.78. The Morgan fingerprint density at radius 3 is 2.76 bits per heavy atom. The summed E-state index contributed by atoms with van der Waals surface area (Å²) in [6.07, 6.45) is 14.0. The van der Waals surface area contributed by atoms with E-state index in [1.807, 2.05) is 6.07 Å². The molecule has 1 saturated heterocycles. The van der Waals surface area contributed by atoms with Crippen molar-refractivity contribution in [1.29, 1.82) is 0 Å². The van der Waals surface area contributed by atoms with E-state index in [1.54, 1.807) is 23.2 Å². The first kappa shape index (κ1) is 24.6. The van der Waals surface area contributed by atoms with Crippen LogP contribution in [0.25, 0.3) is 10.9 Å². The largest absolute Gasteiger partial charge is 0.472 e. The maximum absolute atomic E-state index is 14.0. The van der Waals surface area contributed by atoms with Gasteiger partial charge in [0.05, 0.1) is 36.0 Å². The summed E-state index contributed by atoms with van der Waals surface area (Å²) in [5, 5.41) is 0.329. The highest BCUT2D eigenvalue weighted by Crippen LogP contribution is 2.30. The molecule has 0 spiro atoms. The van der Waals surface area contributed by atoms with Gasteiger partial charge in [0.25, 0.3) is 5.56 Å². The van der Waals surface area contributed by atoms with Crippen LogP contribution in [0.5, 0.6) is 0 Å². The van der Waals surface area contributed by atoms with Crippen LogP contribution in [0.2, 0.25) is 0 Å². The second-order valence-corrected chi connectivity index (χ2v) is 9.79. The second-order valence-electron chi connectivity index (χ2n) is 9.79. The average Bonchev–Trinajstić information content (AvgIpc) is 3.37. The highest BCUT2D eigenvalue weighted by molar-refractivity contribution is 5.77. The topological polar surface area (TPSA) is 51.3 Å². The van der Waals surface area contributed by atoms with Crippen LogP contribution in [0.15, 0.2) is 46.0 Å². The van der Waals surface area contributed by atoms with Crippen molar-refractivity contribution in [3.8, 4) is 0 Å². The number of rotatable bonds is 8. The molecule has 3 heterocycles. The lowest BCUT2D eigenvalue weighted by Gasteiger charge is -2.33. The molecule has 0 N–H and O–H groups in total. The van der Waals surface area contributed by atoms with Crippen LogP contribution in [0.1, 0.15) is 89.1 Å². The molecule has 0 amide bonds. The molecule has 0 saturated carbocycles. The van der Waals surface area contributed by atoms with E-state index in [0.29, 0.717) is 17.4 Å². The first-order chi connectivity index (χ1) is 16.6. The van der Waals surface area contributed by atoms with Gasteiger partial charge in [-0.15, -0.1) is 0 Å². The molecule has 2 aromatic heterocycles. The van der Waals surface area contributed by atoms with Crippen LogP contribution in [-0.2, 0) is 6.54 Å². The van der Waals surface area contributed by atoms with E-state index < -0.39 is 5.82 Å². The summed E-state index contributed by atoms with van der Waals surface area (Å²) in [7, 11) is 0. The normalized spacial score (nSPS) is 19.0. The van der Waals surface area contributed by atoms with E-state index in [1.165, 1.54) is 57.1 Å². The lowest BCUT2D eigenvalue weighted by atomic mass is 9.93. The third-order valence-corrected chi connectivity index (χ3v) is 7.25. The fourth-order valence-corrected chi connectivity index (χ4v) is 5.47. The van der Waals surface area contributed by atoms with Gasteiger partial charge in [0, 0.05) is 5.56 Å². The lowest BCUT2D eigenvalue weighted by Crippen LogP contribution is -2.37. The van der Waals surface area contributed by atoms with Crippen molar-refractivity contribution in [2.45, 2.75) is 84.2 Å². The quantitative estimate of drug-likeness (QED) is 0.370. The zero-order chi connectivity index (χ0) is 23.9. The van der Waals surface area contributed by atoms with Crippen molar-refractivity contribution >= 4 is 10.9 Å². The lowest BCUT2D eigenvalue weighted by molar-refractivity contribution is 0.163. The number of fused-ring (bicyclic) bond motifs is 1. The van der Waals surface area contributed by atoms with Crippen molar-refractivity contribution in [3.63, 3.8) is 0 Å². The van der Waals surface area contributed by atoms with Gasteiger partial charge in [-0.2, -0.15) is 0 Å². The summed E-state index contributed by atoms with van der Waals surface area (Å²) < 4.78 is 21.0. The van der Waals surface area contributed by atoms with Gasteiger partial charge < -0.3 is 4.42 Å². The number of benzene rings is 1. The molecule has 184 valence electrons. The van der Waals surface area contributed by atoms with Gasteiger partial charge in [-0.25, -0.2) is 9.37 Å². The zero-order valence-electron chi connectivity index (χ0n) is 20.6. The highest BCUT2D eigenvalue weighted by atomic mass is 19.1. The molecule has 0 aliphatic carbocycles. The highest BCUT2D eigenvalue weighted by Gasteiger charge is 2.27. The van der Waals surface area contributed by atoms with Crippen LogP contribution < -0.4 is 5.56 Å². The molecule has 1 fully saturated rings. The van der Waals surface area contributed by atoms with Crippen LogP contribution in [0, 0.1) is 11.7 Å². The third-order valence-electron chi connectivity index (χ3n) is 7.25. The molecule has 4 rings (SSSR count). The number of halogens is 1. The molecule has 1 aliphatic heterocycles. The van der Waals surface area contributed by atoms with Gasteiger partial charge in [-0.3, -0.25) is 14.3 Å². The van der Waals surface area contributed by atoms with Crippen molar-refractivity contribution in [2.75, 3.05) is 13.1 Å². The van der Waals surface area contributed by atoms with E-state index in [4.69, 9.17) is 9.40 Å². The Labute approximate surface area is 202 Å². The molecule has 3 aromatic rings. The van der Waals surface area contributed by atoms with E-state index in [9.17, 15) is 9.18 Å². The van der Waals surface area contributed by atoms with Gasteiger partial charge in [-0.1, -0.05) is 52.4 Å². The minimum Gasteiger partial charge on any atom is -0.472 e. The number of nitrogens with zero attached hydrogens (tertiary/aromatic N) is 3. The molecular weight excluding hydrogens is 429 g/mol. The SMILES string of the molecule is CCCC1CCCCCN([C@H](CCC)c2nc3ccc(F)cc3c(=O)n2Cc2ccoc2)CC1. The molecule has 1 aromatic carbocycles. The molecule has 5 nitrogen and oxygen atoms in total. The van der Waals surface area contributed by atoms with Gasteiger partial charge >= 0.3 is 0 Å². The molecule has 2 atom stereocenters. The number of hydrogen-bond donors (Lipinski definition) is 0. The van der Waals surface area contributed by atoms with Gasteiger partial charge in [0.2, 0.25) is 0 Å². The predicted molar refractivity (Wildman–Crippen MR) is 134 cm³/mol. The molecule has 1 aliphatic rings. The third kappa shape index (κ3) is 5.77. The molecule has 1 unspecified atom stereocenters. The fraction of sp³-hybridized carbons (Fsp3) is 0.571. The Kier molecular flexibility index (Phi) is 8.54. The zero-order valence-corrected chi connectivity index (χ0v) is 20.6. The van der Waals surface area contributed by atoms with E-state index in [0.717, 1.165) is 43.2 Å². The first-order valence-corrected chi connectivity index (χ1v) is 13.1. The smallest absolute Gasteiger partial charge is 0.261 e. The van der Waals surface area contributed by atoms with Crippen LogP contribution in [0.4, 0.5) is 4.39 Å². The van der Waals surface area contributed by atoms with Crippen molar-refractivity contribution in [1.82, 2.24) is 14.5 Å². The molecule has 34 heavy (non-hydrogen) atoms. The molecular formula is C28H38FN3O2. The monoisotopic (exact) mass is 467 g/mol. The van der Waals surface area contributed by atoms with Crippen molar-refractivity contribution < 1.29 is 8.81 Å². The second kappa shape index (κ2) is 11.8. The molecule has 0 radical (unpaired) electrons.